The monoisotopic (exact) mass is 349 g/mol. The quantitative estimate of drug-likeness (QED) is 0.768. The van der Waals surface area contributed by atoms with Crippen molar-refractivity contribution in [3.63, 3.8) is 0 Å². The lowest BCUT2D eigenvalue weighted by Gasteiger charge is -2.34. The largest absolute Gasteiger partial charge is 0.339 e. The highest BCUT2D eigenvalue weighted by Gasteiger charge is 2.31. The first-order chi connectivity index (χ1) is 11.4. The number of hydrogen-bond donors (Lipinski definition) is 0. The molecule has 0 aliphatic carbocycles. The Bertz CT molecular complexity index is 618. The molecule has 6 heteroatoms. The van der Waals surface area contributed by atoms with Crippen LogP contribution in [0.25, 0.3) is 0 Å². The van der Waals surface area contributed by atoms with Crippen molar-refractivity contribution in [1.82, 2.24) is 14.8 Å². The summed E-state index contributed by atoms with van der Waals surface area (Å²) in [5.74, 6) is 0.110. The van der Waals surface area contributed by atoms with Crippen LogP contribution in [0.3, 0.4) is 0 Å². The molecule has 1 aliphatic heterocycles. The number of aryl methyl sites for hydroxylation is 2. The van der Waals surface area contributed by atoms with E-state index in [1.54, 1.807) is 16.2 Å². The zero-order valence-corrected chi connectivity index (χ0v) is 15.9. The minimum Gasteiger partial charge on any atom is -0.339 e. The molecule has 0 radical (unpaired) electrons. The third kappa shape index (κ3) is 3.86. The van der Waals surface area contributed by atoms with E-state index < -0.39 is 0 Å². The Morgan fingerprint density at radius 3 is 2.58 bits per heavy atom. The summed E-state index contributed by atoms with van der Waals surface area (Å²) in [6, 6.07) is 0.0307. The van der Waals surface area contributed by atoms with Gasteiger partial charge in [-0.15, -0.1) is 11.3 Å². The van der Waals surface area contributed by atoms with E-state index in [1.165, 1.54) is 11.0 Å². The smallest absolute Gasteiger partial charge is 0.245 e. The zero-order chi connectivity index (χ0) is 17.9. The Morgan fingerprint density at radius 1 is 1.46 bits per heavy atom. The lowest BCUT2D eigenvalue weighted by atomic mass is 9.94. The molecule has 0 spiro atoms. The van der Waals surface area contributed by atoms with Gasteiger partial charge in [-0.3, -0.25) is 9.59 Å². The Kier molecular flexibility index (Phi) is 6.15. The highest BCUT2D eigenvalue weighted by molar-refractivity contribution is 7.11. The lowest BCUT2D eigenvalue weighted by Crippen LogP contribution is -2.43. The van der Waals surface area contributed by atoms with Crippen molar-refractivity contribution in [2.75, 3.05) is 20.1 Å². The third-order valence-corrected chi connectivity index (χ3v) is 6.29. The second-order valence-electron chi connectivity index (χ2n) is 6.34. The molecule has 0 aromatic carbocycles. The molecule has 5 nitrogen and oxygen atoms in total. The average Bonchev–Trinajstić information content (AvgIpc) is 3.00. The molecule has 0 N–H and O–H groups in total. The summed E-state index contributed by atoms with van der Waals surface area (Å²) in [4.78, 5) is 33.8. The minimum absolute atomic E-state index is 0.00908. The number of amides is 2. The topological polar surface area (TPSA) is 53.5 Å². The van der Waals surface area contributed by atoms with Crippen LogP contribution in [0.4, 0.5) is 0 Å². The summed E-state index contributed by atoms with van der Waals surface area (Å²) < 4.78 is 0. The molecule has 1 unspecified atom stereocenters. The molecule has 1 atom stereocenters. The number of thiazole rings is 1. The van der Waals surface area contributed by atoms with Crippen molar-refractivity contribution < 1.29 is 9.59 Å². The number of rotatable bonds is 5. The summed E-state index contributed by atoms with van der Waals surface area (Å²) in [6.07, 6.45) is 3.70. The lowest BCUT2D eigenvalue weighted by molar-refractivity contribution is -0.139. The third-order valence-electron chi connectivity index (χ3n) is 4.82. The molecular weight excluding hydrogens is 322 g/mol. The van der Waals surface area contributed by atoms with E-state index in [1.807, 2.05) is 18.9 Å². The van der Waals surface area contributed by atoms with Gasteiger partial charge in [0.15, 0.2) is 0 Å². The van der Waals surface area contributed by atoms with Gasteiger partial charge in [0.25, 0.3) is 0 Å². The molecular formula is C18H27N3O2S. The number of nitrogens with zero attached hydrogens (tertiary/aromatic N) is 3. The first-order valence-electron chi connectivity index (χ1n) is 8.53. The first kappa shape index (κ1) is 18.6. The van der Waals surface area contributed by atoms with Crippen LogP contribution in [0.15, 0.2) is 12.7 Å². The zero-order valence-electron chi connectivity index (χ0n) is 15.0. The predicted octanol–water partition coefficient (Wildman–Crippen LogP) is 2.96. The molecule has 2 rings (SSSR count). The fourth-order valence-electron chi connectivity index (χ4n) is 3.14. The van der Waals surface area contributed by atoms with Gasteiger partial charge in [0.2, 0.25) is 11.8 Å². The van der Waals surface area contributed by atoms with E-state index >= 15 is 0 Å². The molecule has 1 aromatic heterocycles. The van der Waals surface area contributed by atoms with Crippen molar-refractivity contribution in [3.8, 4) is 0 Å². The molecule has 1 aliphatic rings. The van der Waals surface area contributed by atoms with Gasteiger partial charge >= 0.3 is 0 Å². The molecule has 0 bridgehead atoms. The van der Waals surface area contributed by atoms with Gasteiger partial charge < -0.3 is 9.80 Å². The molecule has 132 valence electrons. The number of likely N-dealkylation sites (tertiary alicyclic amines) is 1. The number of carbonyl (C=O) groups is 2. The van der Waals surface area contributed by atoms with Gasteiger partial charge in [0.1, 0.15) is 0 Å². The summed E-state index contributed by atoms with van der Waals surface area (Å²) in [6.45, 7) is 11.0. The van der Waals surface area contributed by atoms with E-state index in [9.17, 15) is 9.59 Å². The number of hydrogen-bond acceptors (Lipinski definition) is 4. The van der Waals surface area contributed by atoms with Crippen LogP contribution in [0, 0.1) is 12.8 Å². The fraction of sp³-hybridized carbons (Fsp3) is 0.611. The summed E-state index contributed by atoms with van der Waals surface area (Å²) in [5, 5.41) is 1.12. The van der Waals surface area contributed by atoms with Crippen LogP contribution >= 0.6 is 11.3 Å². The predicted molar refractivity (Wildman–Crippen MR) is 96.9 cm³/mol. The van der Waals surface area contributed by atoms with Crippen LogP contribution in [0.2, 0.25) is 0 Å². The molecule has 1 aromatic rings. The van der Waals surface area contributed by atoms with E-state index in [0.717, 1.165) is 30.0 Å². The molecule has 1 saturated heterocycles. The Morgan fingerprint density at radius 2 is 2.08 bits per heavy atom. The Hall–Kier alpha value is -1.69. The van der Waals surface area contributed by atoms with Crippen molar-refractivity contribution in [3.05, 3.63) is 28.2 Å². The van der Waals surface area contributed by atoms with Gasteiger partial charge in [-0.05, 0) is 39.2 Å². The maximum atomic E-state index is 12.8. The molecule has 1 fully saturated rings. The van der Waals surface area contributed by atoms with Crippen LogP contribution in [-0.4, -0.2) is 46.7 Å². The van der Waals surface area contributed by atoms with Gasteiger partial charge in [-0.2, -0.15) is 0 Å². The fourth-order valence-corrected chi connectivity index (χ4v) is 4.24. The van der Waals surface area contributed by atoms with Crippen molar-refractivity contribution in [2.45, 2.75) is 46.1 Å². The van der Waals surface area contributed by atoms with Crippen LogP contribution in [0.5, 0.6) is 0 Å². The summed E-state index contributed by atoms with van der Waals surface area (Å²) in [5.41, 5.74) is 1.02. The summed E-state index contributed by atoms with van der Waals surface area (Å²) in [7, 11) is 1.87. The van der Waals surface area contributed by atoms with E-state index in [-0.39, 0.29) is 23.8 Å². The van der Waals surface area contributed by atoms with Gasteiger partial charge in [-0.25, -0.2) is 4.98 Å². The van der Waals surface area contributed by atoms with Crippen LogP contribution in [-0.2, 0) is 16.0 Å². The summed E-state index contributed by atoms with van der Waals surface area (Å²) >= 11 is 1.70. The maximum Gasteiger partial charge on any atom is 0.245 e. The Labute approximate surface area is 148 Å². The molecule has 0 saturated carbocycles. The number of carbonyl (C=O) groups excluding carboxylic acids is 2. The highest BCUT2D eigenvalue weighted by atomic mass is 32.1. The first-order valence-corrected chi connectivity index (χ1v) is 9.34. The molecule has 2 amide bonds. The second kappa shape index (κ2) is 7.92. The van der Waals surface area contributed by atoms with Gasteiger partial charge in [-0.1, -0.05) is 13.5 Å². The van der Waals surface area contributed by atoms with Crippen LogP contribution in [0.1, 0.15) is 48.3 Å². The normalized spacial score (nSPS) is 16.8. The van der Waals surface area contributed by atoms with Crippen LogP contribution < -0.4 is 0 Å². The Balaban J connectivity index is 2.00. The van der Waals surface area contributed by atoms with Crippen molar-refractivity contribution in [1.29, 1.82) is 0 Å². The maximum absolute atomic E-state index is 12.8. The minimum atomic E-state index is -0.0463. The molecule has 2 heterocycles. The van der Waals surface area contributed by atoms with E-state index in [4.69, 9.17) is 0 Å². The SMILES string of the molecule is C=CC(=O)N1CCC(C(=O)N(C)C(C)c2sc(CC)nc2C)CC1. The number of aromatic nitrogens is 1. The van der Waals surface area contributed by atoms with Crippen molar-refractivity contribution >= 4 is 23.2 Å². The molecule has 24 heavy (non-hydrogen) atoms. The standard InChI is InChI=1S/C18H27N3O2S/c1-6-15-19-12(3)17(24-15)13(4)20(5)18(23)14-8-10-21(11-9-14)16(22)7-2/h7,13-14H,2,6,8-11H2,1,3-5H3. The van der Waals surface area contributed by atoms with E-state index in [2.05, 4.69) is 25.4 Å². The average molecular weight is 350 g/mol. The van der Waals surface area contributed by atoms with Gasteiger partial charge in [0.05, 0.1) is 16.7 Å². The van der Waals surface area contributed by atoms with E-state index in [0.29, 0.717) is 13.1 Å². The second-order valence-corrected chi connectivity index (χ2v) is 7.45. The van der Waals surface area contributed by atoms with Gasteiger partial charge in [0, 0.05) is 30.9 Å². The number of piperidine rings is 1. The van der Waals surface area contributed by atoms with Crippen molar-refractivity contribution in [2.24, 2.45) is 5.92 Å². The highest BCUT2D eigenvalue weighted by Crippen LogP contribution is 2.31.